The zero-order valence-corrected chi connectivity index (χ0v) is 14.7. The van der Waals surface area contributed by atoms with E-state index in [0.717, 1.165) is 28.7 Å². The molecular formula is C19H21BrN2O. The molecule has 0 aliphatic carbocycles. The first-order chi connectivity index (χ1) is 11.1. The van der Waals surface area contributed by atoms with E-state index in [2.05, 4.69) is 50.8 Å². The van der Waals surface area contributed by atoms with Gasteiger partial charge in [-0.2, -0.15) is 0 Å². The lowest BCUT2D eigenvalue weighted by Crippen LogP contribution is -2.50. The standard InChI is InChI=1S/C19H21BrN2O/c1-13(16-11-21-12-16)19(23)22-18(14-5-3-2-4-6-14)15-7-9-17(20)10-8-15/h2-10,13,16,18,21H,11-12H2,1H3,(H,22,23). The minimum atomic E-state index is -0.118. The summed E-state index contributed by atoms with van der Waals surface area (Å²) in [5.41, 5.74) is 2.19. The van der Waals surface area contributed by atoms with Crippen LogP contribution in [0.2, 0.25) is 0 Å². The molecule has 2 unspecified atom stereocenters. The van der Waals surface area contributed by atoms with E-state index in [4.69, 9.17) is 0 Å². The van der Waals surface area contributed by atoms with Crippen LogP contribution < -0.4 is 10.6 Å². The summed E-state index contributed by atoms with van der Waals surface area (Å²) in [6.45, 7) is 3.89. The van der Waals surface area contributed by atoms with E-state index in [1.165, 1.54) is 0 Å². The van der Waals surface area contributed by atoms with E-state index in [9.17, 15) is 4.79 Å². The van der Waals surface area contributed by atoms with E-state index in [-0.39, 0.29) is 17.9 Å². The SMILES string of the molecule is CC(C(=O)NC(c1ccccc1)c1ccc(Br)cc1)C1CNC1. The normalized spacial score (nSPS) is 17.1. The average molecular weight is 373 g/mol. The van der Waals surface area contributed by atoms with E-state index >= 15 is 0 Å². The smallest absolute Gasteiger partial charge is 0.223 e. The van der Waals surface area contributed by atoms with Gasteiger partial charge in [-0.05, 0) is 42.3 Å². The van der Waals surface area contributed by atoms with Gasteiger partial charge in [-0.1, -0.05) is 65.3 Å². The van der Waals surface area contributed by atoms with Crippen molar-refractivity contribution in [3.8, 4) is 0 Å². The molecule has 1 saturated heterocycles. The molecule has 0 spiro atoms. The molecule has 120 valence electrons. The van der Waals surface area contributed by atoms with Crippen LogP contribution in [0.3, 0.4) is 0 Å². The van der Waals surface area contributed by atoms with E-state index in [0.29, 0.717) is 5.92 Å². The van der Waals surface area contributed by atoms with Gasteiger partial charge in [0.2, 0.25) is 5.91 Å². The number of hydrogen-bond donors (Lipinski definition) is 2. The van der Waals surface area contributed by atoms with Crippen molar-refractivity contribution in [3.63, 3.8) is 0 Å². The van der Waals surface area contributed by atoms with E-state index in [1.807, 2.05) is 37.3 Å². The summed E-state index contributed by atoms with van der Waals surface area (Å²) in [7, 11) is 0. The lowest BCUT2D eigenvalue weighted by Gasteiger charge is -2.33. The number of benzene rings is 2. The zero-order chi connectivity index (χ0) is 16.2. The fourth-order valence-electron chi connectivity index (χ4n) is 2.81. The topological polar surface area (TPSA) is 41.1 Å². The van der Waals surface area contributed by atoms with Crippen molar-refractivity contribution in [3.05, 3.63) is 70.2 Å². The molecule has 0 aromatic heterocycles. The Hall–Kier alpha value is -1.65. The summed E-state index contributed by atoms with van der Waals surface area (Å²) < 4.78 is 1.04. The molecular weight excluding hydrogens is 352 g/mol. The first-order valence-electron chi connectivity index (χ1n) is 7.96. The van der Waals surface area contributed by atoms with Gasteiger partial charge >= 0.3 is 0 Å². The molecule has 2 aromatic carbocycles. The molecule has 1 aliphatic heterocycles. The highest BCUT2D eigenvalue weighted by Gasteiger charge is 2.30. The van der Waals surface area contributed by atoms with Gasteiger partial charge in [0, 0.05) is 10.4 Å². The predicted octanol–water partition coefficient (Wildman–Crippen LogP) is 3.51. The predicted molar refractivity (Wildman–Crippen MR) is 96.1 cm³/mol. The van der Waals surface area contributed by atoms with Crippen molar-refractivity contribution in [1.29, 1.82) is 0 Å². The van der Waals surface area contributed by atoms with Crippen molar-refractivity contribution in [2.45, 2.75) is 13.0 Å². The molecule has 3 rings (SSSR count). The second-order valence-electron chi connectivity index (χ2n) is 6.11. The number of carbonyl (C=O) groups excluding carboxylic acids is 1. The van der Waals surface area contributed by atoms with Crippen molar-refractivity contribution < 1.29 is 4.79 Å². The highest BCUT2D eigenvalue weighted by Crippen LogP contribution is 2.25. The maximum Gasteiger partial charge on any atom is 0.223 e. The average Bonchev–Trinajstić information content (AvgIpc) is 2.52. The largest absolute Gasteiger partial charge is 0.345 e. The number of nitrogens with one attached hydrogen (secondary N) is 2. The Kier molecular flexibility index (Phi) is 5.13. The molecule has 0 saturated carbocycles. The van der Waals surface area contributed by atoms with Crippen molar-refractivity contribution >= 4 is 21.8 Å². The number of halogens is 1. The van der Waals surface area contributed by atoms with Gasteiger partial charge in [0.15, 0.2) is 0 Å². The molecule has 4 heteroatoms. The number of carbonyl (C=O) groups is 1. The second kappa shape index (κ2) is 7.28. The molecule has 1 heterocycles. The Labute approximate surface area is 145 Å². The van der Waals surface area contributed by atoms with Crippen LogP contribution in [0.1, 0.15) is 24.1 Å². The highest BCUT2D eigenvalue weighted by molar-refractivity contribution is 9.10. The molecule has 23 heavy (non-hydrogen) atoms. The Morgan fingerprint density at radius 3 is 2.26 bits per heavy atom. The Balaban J connectivity index is 1.83. The van der Waals surface area contributed by atoms with Crippen LogP contribution >= 0.6 is 15.9 Å². The molecule has 3 nitrogen and oxygen atoms in total. The first-order valence-corrected chi connectivity index (χ1v) is 8.76. The Bertz CT molecular complexity index is 653. The fraction of sp³-hybridized carbons (Fsp3) is 0.316. The van der Waals surface area contributed by atoms with Crippen molar-refractivity contribution in [2.75, 3.05) is 13.1 Å². The summed E-state index contributed by atoms with van der Waals surface area (Å²) in [5.74, 6) is 0.586. The third kappa shape index (κ3) is 3.82. The fourth-order valence-corrected chi connectivity index (χ4v) is 3.08. The van der Waals surface area contributed by atoms with Crippen molar-refractivity contribution in [2.24, 2.45) is 11.8 Å². The summed E-state index contributed by atoms with van der Waals surface area (Å²) >= 11 is 3.47. The maximum atomic E-state index is 12.7. The van der Waals surface area contributed by atoms with Crippen LogP contribution in [0.15, 0.2) is 59.1 Å². The van der Waals surface area contributed by atoms with Crippen LogP contribution in [0.25, 0.3) is 0 Å². The summed E-state index contributed by atoms with van der Waals surface area (Å²) in [6.07, 6.45) is 0. The molecule has 0 radical (unpaired) electrons. The van der Waals surface area contributed by atoms with Crippen LogP contribution in [0.4, 0.5) is 0 Å². The Morgan fingerprint density at radius 2 is 1.70 bits per heavy atom. The van der Waals surface area contributed by atoms with E-state index < -0.39 is 0 Å². The van der Waals surface area contributed by atoms with Crippen LogP contribution in [-0.4, -0.2) is 19.0 Å². The summed E-state index contributed by atoms with van der Waals surface area (Å²) in [5, 5.41) is 6.47. The lowest BCUT2D eigenvalue weighted by atomic mass is 9.87. The molecule has 1 amide bonds. The van der Waals surface area contributed by atoms with Gasteiger partial charge in [-0.3, -0.25) is 4.79 Å². The molecule has 1 fully saturated rings. The molecule has 0 bridgehead atoms. The number of hydrogen-bond acceptors (Lipinski definition) is 2. The second-order valence-corrected chi connectivity index (χ2v) is 7.03. The number of rotatable bonds is 5. The molecule has 2 aromatic rings. The summed E-state index contributed by atoms with van der Waals surface area (Å²) in [6, 6.07) is 18.1. The minimum Gasteiger partial charge on any atom is -0.345 e. The third-order valence-electron chi connectivity index (χ3n) is 4.56. The monoisotopic (exact) mass is 372 g/mol. The molecule has 2 N–H and O–H groups in total. The van der Waals surface area contributed by atoms with Crippen LogP contribution in [-0.2, 0) is 4.79 Å². The van der Waals surface area contributed by atoms with E-state index in [1.54, 1.807) is 0 Å². The van der Waals surface area contributed by atoms with Crippen LogP contribution in [0, 0.1) is 11.8 Å². The summed E-state index contributed by atoms with van der Waals surface area (Å²) in [4.78, 5) is 12.7. The first kappa shape index (κ1) is 16.2. The maximum absolute atomic E-state index is 12.7. The molecule has 1 aliphatic rings. The quantitative estimate of drug-likeness (QED) is 0.842. The van der Waals surface area contributed by atoms with Gasteiger partial charge in [-0.15, -0.1) is 0 Å². The Morgan fingerprint density at radius 1 is 1.09 bits per heavy atom. The third-order valence-corrected chi connectivity index (χ3v) is 5.09. The van der Waals surface area contributed by atoms with Gasteiger partial charge < -0.3 is 10.6 Å². The highest BCUT2D eigenvalue weighted by atomic mass is 79.9. The lowest BCUT2D eigenvalue weighted by molar-refractivity contribution is -0.127. The van der Waals surface area contributed by atoms with Gasteiger partial charge in [0.1, 0.15) is 0 Å². The minimum absolute atomic E-state index is 0.0258. The van der Waals surface area contributed by atoms with Crippen LogP contribution in [0.5, 0.6) is 0 Å². The molecule has 2 atom stereocenters. The zero-order valence-electron chi connectivity index (χ0n) is 13.1. The van der Waals surface area contributed by atoms with Gasteiger partial charge in [0.25, 0.3) is 0 Å². The van der Waals surface area contributed by atoms with Gasteiger partial charge in [-0.25, -0.2) is 0 Å². The van der Waals surface area contributed by atoms with Crippen molar-refractivity contribution in [1.82, 2.24) is 10.6 Å². The van der Waals surface area contributed by atoms with Gasteiger partial charge in [0.05, 0.1) is 6.04 Å². The number of amides is 1.